The second-order valence-corrected chi connectivity index (χ2v) is 8.93. The lowest BCUT2D eigenvalue weighted by Gasteiger charge is -2.39. The van der Waals surface area contributed by atoms with E-state index >= 15 is 0 Å². The van der Waals surface area contributed by atoms with Crippen LogP contribution in [0.15, 0.2) is 35.0 Å². The monoisotopic (exact) mass is 393 g/mol. The fourth-order valence-electron chi connectivity index (χ4n) is 3.92. The smallest absolute Gasteiger partial charge is 0.231 e. The van der Waals surface area contributed by atoms with Gasteiger partial charge in [0, 0.05) is 29.9 Å². The van der Waals surface area contributed by atoms with Gasteiger partial charge in [-0.15, -0.1) is 0 Å². The topological polar surface area (TPSA) is 74.0 Å². The Morgan fingerprint density at radius 2 is 2.18 bits per heavy atom. The predicted octanol–water partition coefficient (Wildman–Crippen LogP) is 3.78. The Labute approximate surface area is 167 Å². The van der Waals surface area contributed by atoms with Crippen LogP contribution in [0.3, 0.4) is 0 Å². The summed E-state index contributed by atoms with van der Waals surface area (Å²) >= 11 is 1.68. The van der Waals surface area contributed by atoms with Gasteiger partial charge in [-0.25, -0.2) is 0 Å². The lowest BCUT2D eigenvalue weighted by atomic mass is 9.86. The Morgan fingerprint density at radius 1 is 1.36 bits per heavy atom. The summed E-state index contributed by atoms with van der Waals surface area (Å²) in [6.45, 7) is 2.93. The number of rotatable bonds is 4. The lowest BCUT2D eigenvalue weighted by molar-refractivity contribution is -0.129. The third kappa shape index (κ3) is 2.81. The molecule has 7 heteroatoms. The standard InChI is InChI=1S/C21H23N5OS/c1-21(10-18(27)25(2)20(22)23-21)15-5-6-16-17(9-15)26(11-13-3-4-13)24-19(16)14-7-8-28-12-14/h5-9,12-13H,3-4,10-11H2,1-2H3,(H2,22,23)/t21-/m0/s1. The van der Waals surface area contributed by atoms with Crippen molar-refractivity contribution >= 4 is 34.1 Å². The Kier molecular flexibility index (Phi) is 3.84. The predicted molar refractivity (Wildman–Crippen MR) is 111 cm³/mol. The van der Waals surface area contributed by atoms with Crippen LogP contribution in [0.5, 0.6) is 0 Å². The van der Waals surface area contributed by atoms with Crippen LogP contribution in [0.4, 0.5) is 0 Å². The lowest BCUT2D eigenvalue weighted by Crippen LogP contribution is -2.58. The zero-order chi connectivity index (χ0) is 19.5. The molecule has 1 atom stereocenters. The summed E-state index contributed by atoms with van der Waals surface area (Å²) in [6, 6.07) is 8.45. The van der Waals surface area contributed by atoms with Gasteiger partial charge in [0.25, 0.3) is 0 Å². The summed E-state index contributed by atoms with van der Waals surface area (Å²) in [7, 11) is 1.64. The van der Waals surface area contributed by atoms with Crippen LogP contribution in [-0.4, -0.2) is 33.6 Å². The molecule has 3 aromatic rings. The molecule has 144 valence electrons. The molecular weight excluding hydrogens is 370 g/mol. The zero-order valence-electron chi connectivity index (χ0n) is 16.0. The van der Waals surface area contributed by atoms with Crippen LogP contribution in [0.25, 0.3) is 22.2 Å². The number of fused-ring (bicyclic) bond motifs is 1. The molecule has 1 amide bonds. The summed E-state index contributed by atoms with van der Waals surface area (Å²) in [5.74, 6) is 0.815. The molecule has 0 radical (unpaired) electrons. The van der Waals surface area contributed by atoms with E-state index in [1.165, 1.54) is 17.7 Å². The first-order chi connectivity index (χ1) is 13.4. The minimum Gasteiger partial charge on any atom is -0.346 e. The van der Waals surface area contributed by atoms with Crippen molar-refractivity contribution in [3.05, 3.63) is 40.6 Å². The summed E-state index contributed by atoms with van der Waals surface area (Å²) in [5.41, 5.74) is 3.70. The number of nitrogens with one attached hydrogen (secondary N) is 2. The van der Waals surface area contributed by atoms with Gasteiger partial charge in [0.2, 0.25) is 5.91 Å². The number of hydrogen-bond acceptors (Lipinski definition) is 4. The molecule has 3 heterocycles. The van der Waals surface area contributed by atoms with Crippen molar-refractivity contribution in [2.24, 2.45) is 5.92 Å². The first kappa shape index (κ1) is 17.4. The minimum atomic E-state index is -0.591. The third-order valence-electron chi connectivity index (χ3n) is 5.92. The number of benzene rings is 1. The Balaban J connectivity index is 1.62. The Bertz CT molecular complexity index is 1060. The maximum Gasteiger partial charge on any atom is 0.231 e. The van der Waals surface area contributed by atoms with E-state index in [9.17, 15) is 4.79 Å². The summed E-state index contributed by atoms with van der Waals surface area (Å²) < 4.78 is 2.13. The summed E-state index contributed by atoms with van der Waals surface area (Å²) in [5, 5.41) is 21.6. The fourth-order valence-corrected chi connectivity index (χ4v) is 4.56. The minimum absolute atomic E-state index is 0.0446. The van der Waals surface area contributed by atoms with Gasteiger partial charge in [-0.05, 0) is 48.8 Å². The molecule has 1 aliphatic heterocycles. The molecule has 0 unspecified atom stereocenters. The molecule has 1 saturated heterocycles. The van der Waals surface area contributed by atoms with E-state index in [1.807, 2.05) is 6.92 Å². The molecule has 2 N–H and O–H groups in total. The van der Waals surface area contributed by atoms with E-state index in [2.05, 4.69) is 45.0 Å². The van der Waals surface area contributed by atoms with Gasteiger partial charge in [-0.3, -0.25) is 19.8 Å². The zero-order valence-corrected chi connectivity index (χ0v) is 16.8. The molecule has 1 aromatic carbocycles. The molecule has 2 aromatic heterocycles. The summed E-state index contributed by atoms with van der Waals surface area (Å²) in [6.07, 6.45) is 2.86. The first-order valence-corrected chi connectivity index (χ1v) is 10.6. The van der Waals surface area contributed by atoms with Crippen molar-refractivity contribution in [2.45, 2.75) is 38.3 Å². The van der Waals surface area contributed by atoms with Crippen molar-refractivity contribution in [1.29, 1.82) is 5.41 Å². The van der Waals surface area contributed by atoms with Crippen molar-refractivity contribution in [1.82, 2.24) is 20.0 Å². The largest absolute Gasteiger partial charge is 0.346 e. The molecule has 5 rings (SSSR count). The van der Waals surface area contributed by atoms with Crippen LogP contribution in [-0.2, 0) is 16.9 Å². The van der Waals surface area contributed by atoms with E-state index < -0.39 is 5.54 Å². The number of amides is 1. The highest BCUT2D eigenvalue weighted by molar-refractivity contribution is 7.08. The van der Waals surface area contributed by atoms with Crippen LogP contribution >= 0.6 is 11.3 Å². The quantitative estimate of drug-likeness (QED) is 0.708. The fraction of sp³-hybridized carbons (Fsp3) is 0.381. The number of thiophene rings is 1. The number of hydrogen-bond donors (Lipinski definition) is 2. The Hall–Kier alpha value is -2.67. The number of carbonyl (C=O) groups excluding carboxylic acids is 1. The van der Waals surface area contributed by atoms with Crippen molar-refractivity contribution < 1.29 is 4.79 Å². The molecule has 1 aliphatic carbocycles. The van der Waals surface area contributed by atoms with Gasteiger partial charge in [0.15, 0.2) is 5.96 Å². The van der Waals surface area contributed by atoms with E-state index in [0.29, 0.717) is 12.3 Å². The first-order valence-electron chi connectivity index (χ1n) is 9.61. The van der Waals surface area contributed by atoms with Gasteiger partial charge in [-0.2, -0.15) is 16.4 Å². The molecule has 28 heavy (non-hydrogen) atoms. The van der Waals surface area contributed by atoms with E-state index in [0.717, 1.165) is 34.3 Å². The van der Waals surface area contributed by atoms with Crippen LogP contribution in [0.1, 0.15) is 31.7 Å². The number of guanidine groups is 1. The maximum atomic E-state index is 12.4. The second kappa shape index (κ2) is 6.17. The molecular formula is C21H23N5OS. The molecule has 0 spiro atoms. The second-order valence-electron chi connectivity index (χ2n) is 8.15. The van der Waals surface area contributed by atoms with Crippen molar-refractivity contribution in [3.8, 4) is 11.3 Å². The van der Waals surface area contributed by atoms with Crippen LogP contribution < -0.4 is 5.32 Å². The van der Waals surface area contributed by atoms with Crippen LogP contribution in [0.2, 0.25) is 0 Å². The SMILES string of the molecule is CN1C(=N)N[C@](C)(c2ccc3c(-c4ccsc4)nn(CC4CC4)c3c2)CC1=O. The molecule has 2 aliphatic rings. The Morgan fingerprint density at radius 3 is 2.86 bits per heavy atom. The van der Waals surface area contributed by atoms with Gasteiger partial charge >= 0.3 is 0 Å². The highest BCUT2D eigenvalue weighted by Gasteiger charge is 2.38. The average Bonchev–Trinajstić information content (AvgIpc) is 3.18. The van der Waals surface area contributed by atoms with Gasteiger partial charge < -0.3 is 5.32 Å². The van der Waals surface area contributed by atoms with Gasteiger partial charge in [0.05, 0.1) is 17.5 Å². The molecule has 0 bridgehead atoms. The normalized spacial score (nSPS) is 22.7. The van der Waals surface area contributed by atoms with Crippen molar-refractivity contribution in [3.63, 3.8) is 0 Å². The number of carbonyl (C=O) groups is 1. The van der Waals surface area contributed by atoms with Crippen molar-refractivity contribution in [2.75, 3.05) is 7.05 Å². The molecule has 1 saturated carbocycles. The molecule has 2 fully saturated rings. The van der Waals surface area contributed by atoms with E-state index in [4.69, 9.17) is 10.5 Å². The van der Waals surface area contributed by atoms with Crippen LogP contribution in [0, 0.1) is 11.3 Å². The highest BCUT2D eigenvalue weighted by atomic mass is 32.1. The molecule has 6 nitrogen and oxygen atoms in total. The highest BCUT2D eigenvalue weighted by Crippen LogP contribution is 2.37. The average molecular weight is 394 g/mol. The third-order valence-corrected chi connectivity index (χ3v) is 6.60. The van der Waals surface area contributed by atoms with Gasteiger partial charge in [-0.1, -0.05) is 12.1 Å². The maximum absolute atomic E-state index is 12.4. The number of nitrogens with zero attached hydrogens (tertiary/aromatic N) is 3. The summed E-state index contributed by atoms with van der Waals surface area (Å²) in [4.78, 5) is 13.7. The number of aromatic nitrogens is 2. The van der Waals surface area contributed by atoms with E-state index in [1.54, 1.807) is 18.4 Å². The van der Waals surface area contributed by atoms with E-state index in [-0.39, 0.29) is 11.9 Å². The van der Waals surface area contributed by atoms with Gasteiger partial charge in [0.1, 0.15) is 5.69 Å².